The van der Waals surface area contributed by atoms with Gasteiger partial charge in [-0.1, -0.05) is 0 Å². The van der Waals surface area contributed by atoms with Crippen molar-refractivity contribution in [3.63, 3.8) is 0 Å². The first-order chi connectivity index (χ1) is 7.29. The summed E-state index contributed by atoms with van der Waals surface area (Å²) in [4.78, 5) is 3.91. The van der Waals surface area contributed by atoms with E-state index in [9.17, 15) is 0 Å². The van der Waals surface area contributed by atoms with Gasteiger partial charge < -0.3 is 5.11 Å². The van der Waals surface area contributed by atoms with Crippen molar-refractivity contribution >= 4 is 6.21 Å². The SMILES string of the molecule is CN=Cc1cnn(-c2ccc(O)cc2)c1. The standard InChI is InChI=1S/C11H11N3O/c1-12-6-9-7-13-14(8-9)10-2-4-11(15)5-3-10/h2-8,15H,1H3. The number of aliphatic imine (C=N–C) groups is 1. The molecular weight excluding hydrogens is 190 g/mol. The Hall–Kier alpha value is -2.10. The fraction of sp³-hybridized carbons (Fsp3) is 0.0909. The molecule has 4 heteroatoms. The van der Waals surface area contributed by atoms with Gasteiger partial charge in [-0.3, -0.25) is 4.99 Å². The Labute approximate surface area is 87.5 Å². The van der Waals surface area contributed by atoms with E-state index in [1.165, 1.54) is 0 Å². The van der Waals surface area contributed by atoms with Crippen LogP contribution < -0.4 is 0 Å². The van der Waals surface area contributed by atoms with Crippen LogP contribution in [-0.4, -0.2) is 28.1 Å². The lowest BCUT2D eigenvalue weighted by atomic mass is 10.3. The number of rotatable bonds is 2. The molecule has 0 fully saturated rings. The molecule has 1 heterocycles. The molecule has 0 amide bonds. The van der Waals surface area contributed by atoms with Crippen molar-refractivity contribution in [1.82, 2.24) is 9.78 Å². The third-order valence-electron chi connectivity index (χ3n) is 1.99. The highest BCUT2D eigenvalue weighted by Crippen LogP contribution is 2.13. The van der Waals surface area contributed by atoms with Crippen molar-refractivity contribution in [3.05, 3.63) is 42.2 Å². The summed E-state index contributed by atoms with van der Waals surface area (Å²) >= 11 is 0. The van der Waals surface area contributed by atoms with Gasteiger partial charge in [-0.2, -0.15) is 5.10 Å². The topological polar surface area (TPSA) is 50.4 Å². The van der Waals surface area contributed by atoms with Gasteiger partial charge in [-0.25, -0.2) is 4.68 Å². The lowest BCUT2D eigenvalue weighted by molar-refractivity contribution is 0.475. The molecule has 0 aliphatic rings. The van der Waals surface area contributed by atoms with Gasteiger partial charge in [0.2, 0.25) is 0 Å². The van der Waals surface area contributed by atoms with Gasteiger partial charge in [-0.15, -0.1) is 0 Å². The van der Waals surface area contributed by atoms with E-state index in [-0.39, 0.29) is 5.75 Å². The number of nitrogens with zero attached hydrogens (tertiary/aromatic N) is 3. The second kappa shape index (κ2) is 3.96. The fourth-order valence-electron chi connectivity index (χ4n) is 1.30. The molecule has 2 rings (SSSR count). The summed E-state index contributed by atoms with van der Waals surface area (Å²) in [6, 6.07) is 6.86. The average Bonchev–Trinajstić information content (AvgIpc) is 2.68. The van der Waals surface area contributed by atoms with E-state index >= 15 is 0 Å². The minimum atomic E-state index is 0.251. The predicted octanol–water partition coefficient (Wildman–Crippen LogP) is 1.63. The summed E-state index contributed by atoms with van der Waals surface area (Å²) in [5, 5.41) is 13.3. The van der Waals surface area contributed by atoms with Crippen LogP contribution in [0.2, 0.25) is 0 Å². The molecule has 0 aliphatic carbocycles. The quantitative estimate of drug-likeness (QED) is 0.751. The number of benzene rings is 1. The molecule has 1 aromatic carbocycles. The van der Waals surface area contributed by atoms with E-state index in [0.29, 0.717) is 0 Å². The van der Waals surface area contributed by atoms with Crippen molar-refractivity contribution in [2.24, 2.45) is 4.99 Å². The van der Waals surface area contributed by atoms with E-state index in [1.54, 1.807) is 48.4 Å². The first-order valence-electron chi connectivity index (χ1n) is 4.56. The Morgan fingerprint density at radius 2 is 2.07 bits per heavy atom. The first kappa shape index (κ1) is 9.45. The van der Waals surface area contributed by atoms with Crippen LogP contribution in [0.4, 0.5) is 0 Å². The summed E-state index contributed by atoms with van der Waals surface area (Å²) in [7, 11) is 1.72. The second-order valence-corrected chi connectivity index (χ2v) is 3.12. The number of aromatic hydroxyl groups is 1. The van der Waals surface area contributed by atoms with Crippen molar-refractivity contribution in [1.29, 1.82) is 0 Å². The van der Waals surface area contributed by atoms with Gasteiger partial charge >= 0.3 is 0 Å². The zero-order chi connectivity index (χ0) is 10.7. The zero-order valence-corrected chi connectivity index (χ0v) is 8.33. The molecule has 15 heavy (non-hydrogen) atoms. The molecule has 76 valence electrons. The summed E-state index contributed by atoms with van der Waals surface area (Å²) < 4.78 is 1.73. The van der Waals surface area contributed by atoms with E-state index in [4.69, 9.17) is 5.11 Å². The van der Waals surface area contributed by atoms with E-state index in [1.807, 2.05) is 6.20 Å². The molecule has 1 N–H and O–H groups in total. The molecule has 0 bridgehead atoms. The largest absolute Gasteiger partial charge is 0.508 e. The molecule has 0 unspecified atom stereocenters. The molecule has 2 aromatic rings. The van der Waals surface area contributed by atoms with Crippen LogP contribution in [0.5, 0.6) is 5.75 Å². The Balaban J connectivity index is 2.33. The average molecular weight is 201 g/mol. The number of aromatic nitrogens is 2. The Bertz CT molecular complexity index is 471. The Morgan fingerprint density at radius 3 is 2.73 bits per heavy atom. The van der Waals surface area contributed by atoms with Gasteiger partial charge in [0.05, 0.1) is 11.9 Å². The molecular formula is C11H11N3O. The smallest absolute Gasteiger partial charge is 0.115 e. The molecule has 0 saturated carbocycles. The summed E-state index contributed by atoms with van der Waals surface area (Å²) in [5.41, 5.74) is 1.86. The van der Waals surface area contributed by atoms with Gasteiger partial charge in [0, 0.05) is 25.0 Å². The van der Waals surface area contributed by atoms with E-state index in [0.717, 1.165) is 11.3 Å². The molecule has 0 spiro atoms. The highest BCUT2D eigenvalue weighted by atomic mass is 16.3. The van der Waals surface area contributed by atoms with Crippen molar-refractivity contribution in [3.8, 4) is 11.4 Å². The van der Waals surface area contributed by atoms with Gasteiger partial charge in [0.25, 0.3) is 0 Å². The summed E-state index contributed by atoms with van der Waals surface area (Å²) in [5.74, 6) is 0.251. The lowest BCUT2D eigenvalue weighted by Gasteiger charge is -1.99. The van der Waals surface area contributed by atoms with Crippen molar-refractivity contribution in [2.45, 2.75) is 0 Å². The minimum Gasteiger partial charge on any atom is -0.508 e. The molecule has 0 atom stereocenters. The molecule has 4 nitrogen and oxygen atoms in total. The molecule has 0 saturated heterocycles. The third kappa shape index (κ3) is 2.04. The second-order valence-electron chi connectivity index (χ2n) is 3.12. The zero-order valence-electron chi connectivity index (χ0n) is 8.33. The summed E-state index contributed by atoms with van der Waals surface area (Å²) in [6.07, 6.45) is 5.35. The number of hydrogen-bond acceptors (Lipinski definition) is 3. The van der Waals surface area contributed by atoms with Crippen LogP contribution in [0.1, 0.15) is 5.56 Å². The Morgan fingerprint density at radius 1 is 1.33 bits per heavy atom. The van der Waals surface area contributed by atoms with Crippen LogP contribution >= 0.6 is 0 Å². The van der Waals surface area contributed by atoms with Crippen LogP contribution in [-0.2, 0) is 0 Å². The molecule has 0 radical (unpaired) electrons. The Kier molecular flexibility index (Phi) is 2.49. The summed E-state index contributed by atoms with van der Waals surface area (Å²) in [6.45, 7) is 0. The third-order valence-corrected chi connectivity index (χ3v) is 1.99. The van der Waals surface area contributed by atoms with E-state index in [2.05, 4.69) is 10.1 Å². The first-order valence-corrected chi connectivity index (χ1v) is 4.56. The maximum Gasteiger partial charge on any atom is 0.115 e. The van der Waals surface area contributed by atoms with Crippen molar-refractivity contribution in [2.75, 3.05) is 7.05 Å². The van der Waals surface area contributed by atoms with Crippen LogP contribution in [0, 0.1) is 0 Å². The number of hydrogen-bond donors (Lipinski definition) is 1. The number of phenolic OH excluding ortho intramolecular Hbond substituents is 1. The minimum absolute atomic E-state index is 0.251. The monoisotopic (exact) mass is 201 g/mol. The normalized spacial score (nSPS) is 11.0. The molecule has 1 aromatic heterocycles. The van der Waals surface area contributed by atoms with Crippen molar-refractivity contribution < 1.29 is 5.11 Å². The highest BCUT2D eigenvalue weighted by molar-refractivity contribution is 5.78. The van der Waals surface area contributed by atoms with Crippen LogP contribution in [0.3, 0.4) is 0 Å². The van der Waals surface area contributed by atoms with Crippen LogP contribution in [0.15, 0.2) is 41.7 Å². The predicted molar refractivity (Wildman–Crippen MR) is 58.7 cm³/mol. The lowest BCUT2D eigenvalue weighted by Crippen LogP contribution is -1.92. The fourth-order valence-corrected chi connectivity index (χ4v) is 1.30. The van der Waals surface area contributed by atoms with Gasteiger partial charge in [0.15, 0.2) is 0 Å². The van der Waals surface area contributed by atoms with E-state index < -0.39 is 0 Å². The highest BCUT2D eigenvalue weighted by Gasteiger charge is 1.98. The van der Waals surface area contributed by atoms with Gasteiger partial charge in [0.1, 0.15) is 5.75 Å². The number of phenols is 1. The van der Waals surface area contributed by atoms with Gasteiger partial charge in [-0.05, 0) is 24.3 Å². The molecule has 0 aliphatic heterocycles. The maximum absolute atomic E-state index is 9.14. The maximum atomic E-state index is 9.14. The van der Waals surface area contributed by atoms with Crippen LogP contribution in [0.25, 0.3) is 5.69 Å².